The summed E-state index contributed by atoms with van der Waals surface area (Å²) >= 11 is 0. The van der Waals surface area contributed by atoms with Crippen molar-refractivity contribution in [3.8, 4) is 0 Å². The van der Waals surface area contributed by atoms with Crippen molar-refractivity contribution in [1.29, 1.82) is 0 Å². The van der Waals surface area contributed by atoms with Gasteiger partial charge in [-0.15, -0.1) is 0 Å². The van der Waals surface area contributed by atoms with Gasteiger partial charge in [0.25, 0.3) is 0 Å². The Balaban J connectivity index is 1.64. The summed E-state index contributed by atoms with van der Waals surface area (Å²) in [6, 6.07) is 0. The molecule has 2 aliphatic heterocycles. The number of rotatable bonds is 5. The Kier molecular flexibility index (Phi) is 4.96. The van der Waals surface area contributed by atoms with E-state index in [1.165, 1.54) is 0 Å². The Bertz CT molecular complexity index is 547. The van der Waals surface area contributed by atoms with Crippen molar-refractivity contribution in [3.63, 3.8) is 0 Å². The molecule has 0 unspecified atom stereocenters. The van der Waals surface area contributed by atoms with Gasteiger partial charge in [0.1, 0.15) is 0 Å². The van der Waals surface area contributed by atoms with Gasteiger partial charge in [-0.3, -0.25) is 9.69 Å². The minimum Gasteiger partial charge on any atom is -0.395 e. The Hall–Kier alpha value is -1.47. The zero-order chi connectivity index (χ0) is 16.3. The minimum absolute atomic E-state index is 0.0359. The number of hydrogen-bond acceptors (Lipinski definition) is 6. The second kappa shape index (κ2) is 6.97. The Morgan fingerprint density at radius 3 is 2.96 bits per heavy atom. The molecule has 2 fully saturated rings. The number of β-amino-alcohol motifs (C(OH)–C–C–N with tert-alkyl or cyclic N) is 1. The zero-order valence-corrected chi connectivity index (χ0v) is 13.8. The highest BCUT2D eigenvalue weighted by atomic mass is 16.5. The van der Waals surface area contributed by atoms with Crippen LogP contribution in [-0.2, 0) is 17.8 Å². The van der Waals surface area contributed by atoms with E-state index in [0.717, 1.165) is 51.1 Å². The molecule has 0 bridgehead atoms. The van der Waals surface area contributed by atoms with Crippen molar-refractivity contribution in [2.45, 2.75) is 45.6 Å². The highest BCUT2D eigenvalue weighted by Gasteiger charge is 2.41. The van der Waals surface area contributed by atoms with Gasteiger partial charge < -0.3 is 14.5 Å². The molecule has 2 aliphatic rings. The number of piperidine rings is 2. The molecule has 1 spiro atoms. The fourth-order valence-electron chi connectivity index (χ4n) is 3.90. The monoisotopic (exact) mass is 322 g/mol. The van der Waals surface area contributed by atoms with E-state index in [2.05, 4.69) is 15.0 Å². The number of aliphatic hydroxyl groups excluding tert-OH is 1. The van der Waals surface area contributed by atoms with Gasteiger partial charge in [0.2, 0.25) is 11.8 Å². The van der Waals surface area contributed by atoms with Crippen LogP contribution in [0.2, 0.25) is 0 Å². The molecule has 7 nitrogen and oxygen atoms in total. The van der Waals surface area contributed by atoms with E-state index in [-0.39, 0.29) is 17.9 Å². The van der Waals surface area contributed by atoms with Crippen LogP contribution in [0, 0.1) is 5.41 Å². The molecule has 1 atom stereocenters. The topological polar surface area (TPSA) is 82.7 Å². The van der Waals surface area contributed by atoms with Crippen molar-refractivity contribution in [3.05, 3.63) is 11.7 Å². The quantitative estimate of drug-likeness (QED) is 0.864. The first-order valence-electron chi connectivity index (χ1n) is 8.56. The van der Waals surface area contributed by atoms with Crippen LogP contribution in [0.25, 0.3) is 0 Å². The van der Waals surface area contributed by atoms with E-state index < -0.39 is 0 Å². The van der Waals surface area contributed by atoms with Crippen LogP contribution < -0.4 is 0 Å². The van der Waals surface area contributed by atoms with Gasteiger partial charge in [0.15, 0.2) is 5.82 Å². The number of carbonyl (C=O) groups excluding carboxylic acids is 1. The third-order valence-electron chi connectivity index (χ3n) is 5.04. The lowest BCUT2D eigenvalue weighted by Gasteiger charge is -2.48. The molecule has 3 rings (SSSR count). The summed E-state index contributed by atoms with van der Waals surface area (Å²) in [5, 5.41) is 13.2. The van der Waals surface area contributed by atoms with E-state index in [1.54, 1.807) is 0 Å². The molecule has 1 aromatic rings. The number of carbonyl (C=O) groups is 1. The van der Waals surface area contributed by atoms with Crippen LogP contribution in [0.3, 0.4) is 0 Å². The van der Waals surface area contributed by atoms with Gasteiger partial charge in [-0.2, -0.15) is 4.98 Å². The van der Waals surface area contributed by atoms with Crippen LogP contribution in [0.5, 0.6) is 0 Å². The third kappa shape index (κ3) is 3.72. The molecule has 1 N–H and O–H groups in total. The molecule has 0 saturated carbocycles. The summed E-state index contributed by atoms with van der Waals surface area (Å²) in [4.78, 5) is 20.6. The van der Waals surface area contributed by atoms with Gasteiger partial charge in [-0.25, -0.2) is 0 Å². The Morgan fingerprint density at radius 1 is 1.35 bits per heavy atom. The van der Waals surface area contributed by atoms with E-state index in [0.29, 0.717) is 25.4 Å². The average Bonchev–Trinajstić information content (AvgIpc) is 2.99. The first kappa shape index (κ1) is 16.4. The summed E-state index contributed by atoms with van der Waals surface area (Å²) in [6.07, 6.45) is 4.56. The first-order chi connectivity index (χ1) is 11.1. The standard InChI is InChI=1S/C16H26N4O3/c1-2-14-17-13(18-23-14)10-19-7-3-5-16(11-19)6-4-15(22)20(12-16)8-9-21/h21H,2-12H2,1H3/t16-/m0/s1. The molecule has 0 aromatic carbocycles. The van der Waals surface area contributed by atoms with Gasteiger partial charge >= 0.3 is 0 Å². The molecule has 3 heterocycles. The second-order valence-corrected chi connectivity index (χ2v) is 6.81. The number of hydrogen-bond donors (Lipinski definition) is 1. The molecular weight excluding hydrogens is 296 g/mol. The van der Waals surface area contributed by atoms with Gasteiger partial charge in [0, 0.05) is 37.9 Å². The number of aryl methyl sites for hydroxylation is 1. The van der Waals surface area contributed by atoms with Crippen LogP contribution in [-0.4, -0.2) is 63.7 Å². The predicted octanol–water partition coefficient (Wildman–Crippen LogP) is 0.829. The van der Waals surface area contributed by atoms with Crippen molar-refractivity contribution in [1.82, 2.24) is 19.9 Å². The van der Waals surface area contributed by atoms with Gasteiger partial charge in [0.05, 0.1) is 13.2 Å². The molecule has 23 heavy (non-hydrogen) atoms. The first-order valence-corrected chi connectivity index (χ1v) is 8.56. The number of aliphatic hydroxyl groups is 1. The normalized spacial score (nSPS) is 26.2. The van der Waals surface area contributed by atoms with Crippen LogP contribution >= 0.6 is 0 Å². The van der Waals surface area contributed by atoms with Crippen molar-refractivity contribution < 1.29 is 14.4 Å². The molecule has 2 saturated heterocycles. The maximum absolute atomic E-state index is 12.0. The van der Waals surface area contributed by atoms with Crippen LogP contribution in [0.4, 0.5) is 0 Å². The predicted molar refractivity (Wildman–Crippen MR) is 83.5 cm³/mol. The average molecular weight is 322 g/mol. The third-order valence-corrected chi connectivity index (χ3v) is 5.04. The Labute approximate surface area is 136 Å². The molecular formula is C16H26N4O3. The molecule has 7 heteroatoms. The van der Waals surface area contributed by atoms with E-state index in [9.17, 15) is 4.79 Å². The fraction of sp³-hybridized carbons (Fsp3) is 0.812. The molecule has 128 valence electrons. The number of aromatic nitrogens is 2. The van der Waals surface area contributed by atoms with E-state index in [1.807, 2.05) is 11.8 Å². The minimum atomic E-state index is 0.0359. The number of nitrogens with zero attached hydrogens (tertiary/aromatic N) is 4. The summed E-state index contributed by atoms with van der Waals surface area (Å²) in [6.45, 7) is 5.94. The van der Waals surface area contributed by atoms with Crippen LogP contribution in [0.1, 0.15) is 44.3 Å². The zero-order valence-electron chi connectivity index (χ0n) is 13.8. The number of likely N-dealkylation sites (tertiary alicyclic amines) is 2. The van der Waals surface area contributed by atoms with Crippen molar-refractivity contribution in [2.24, 2.45) is 5.41 Å². The molecule has 0 aliphatic carbocycles. The smallest absolute Gasteiger partial charge is 0.226 e. The lowest BCUT2D eigenvalue weighted by molar-refractivity contribution is -0.140. The summed E-state index contributed by atoms with van der Waals surface area (Å²) in [5.41, 5.74) is 0.151. The SMILES string of the molecule is CCc1nc(CN2CCC[C@]3(CCC(=O)N(CCO)C3)C2)no1. The summed E-state index contributed by atoms with van der Waals surface area (Å²) < 4.78 is 5.19. The summed E-state index contributed by atoms with van der Waals surface area (Å²) in [5.74, 6) is 1.61. The van der Waals surface area contributed by atoms with E-state index in [4.69, 9.17) is 9.63 Å². The molecule has 1 aromatic heterocycles. The van der Waals surface area contributed by atoms with Gasteiger partial charge in [-0.1, -0.05) is 12.1 Å². The second-order valence-electron chi connectivity index (χ2n) is 6.81. The molecule has 0 radical (unpaired) electrons. The van der Waals surface area contributed by atoms with Gasteiger partial charge in [-0.05, 0) is 25.8 Å². The highest BCUT2D eigenvalue weighted by Crippen LogP contribution is 2.39. The maximum atomic E-state index is 12.0. The number of amides is 1. The fourth-order valence-corrected chi connectivity index (χ4v) is 3.90. The lowest BCUT2D eigenvalue weighted by Crippen LogP contribution is -2.54. The van der Waals surface area contributed by atoms with Crippen molar-refractivity contribution in [2.75, 3.05) is 32.8 Å². The van der Waals surface area contributed by atoms with E-state index >= 15 is 0 Å². The molecule has 1 amide bonds. The highest BCUT2D eigenvalue weighted by molar-refractivity contribution is 5.77. The van der Waals surface area contributed by atoms with Crippen molar-refractivity contribution >= 4 is 5.91 Å². The lowest BCUT2D eigenvalue weighted by atomic mass is 9.73. The Morgan fingerprint density at radius 2 is 2.22 bits per heavy atom. The van der Waals surface area contributed by atoms with Crippen LogP contribution in [0.15, 0.2) is 4.52 Å². The maximum Gasteiger partial charge on any atom is 0.226 e. The largest absolute Gasteiger partial charge is 0.395 e. The summed E-state index contributed by atoms with van der Waals surface area (Å²) in [7, 11) is 0.